The molecular formula is C16H20N6OS. The molecular weight excluding hydrogens is 324 g/mol. The number of thioether (sulfide) groups is 1. The zero-order chi connectivity index (χ0) is 16.5. The van der Waals surface area contributed by atoms with Crippen LogP contribution in [0, 0.1) is 0 Å². The number of hydrogen-bond acceptors (Lipinski definition) is 6. The van der Waals surface area contributed by atoms with Crippen LogP contribution in [-0.4, -0.2) is 50.5 Å². The maximum absolute atomic E-state index is 12.6. The Kier molecular flexibility index (Phi) is 4.13. The Balaban J connectivity index is 1.30. The van der Waals surface area contributed by atoms with Gasteiger partial charge in [-0.25, -0.2) is 4.68 Å². The monoisotopic (exact) mass is 344 g/mol. The summed E-state index contributed by atoms with van der Waals surface area (Å²) in [4.78, 5) is 16.0. The number of nitrogens with zero attached hydrogens (tertiary/aromatic N) is 5. The van der Waals surface area contributed by atoms with E-state index in [9.17, 15) is 4.79 Å². The van der Waals surface area contributed by atoms with Gasteiger partial charge < -0.3 is 10.2 Å². The van der Waals surface area contributed by atoms with Crippen LogP contribution in [0.4, 0.5) is 5.95 Å². The Morgan fingerprint density at radius 2 is 2.08 bits per heavy atom. The Bertz CT molecular complexity index is 715. The number of tetrazole rings is 1. The summed E-state index contributed by atoms with van der Waals surface area (Å²) in [5, 5.41) is 14.8. The van der Waals surface area contributed by atoms with Crippen molar-refractivity contribution in [3.8, 4) is 0 Å². The quantitative estimate of drug-likeness (QED) is 0.896. The molecule has 1 fully saturated rings. The third-order valence-electron chi connectivity index (χ3n) is 4.66. The van der Waals surface area contributed by atoms with E-state index >= 15 is 0 Å². The fourth-order valence-corrected chi connectivity index (χ4v) is 4.54. The van der Waals surface area contributed by atoms with Crippen LogP contribution < -0.4 is 10.2 Å². The molecule has 0 bridgehead atoms. The summed E-state index contributed by atoms with van der Waals surface area (Å²) in [6.45, 7) is 1.72. The molecule has 7 nitrogen and oxygen atoms in total. The minimum atomic E-state index is 0.00312. The van der Waals surface area contributed by atoms with E-state index in [0.717, 1.165) is 38.3 Å². The van der Waals surface area contributed by atoms with Gasteiger partial charge in [0.2, 0.25) is 11.9 Å². The molecule has 1 saturated heterocycles. The summed E-state index contributed by atoms with van der Waals surface area (Å²) in [5.74, 6) is 0.955. The number of rotatable bonds is 3. The van der Waals surface area contributed by atoms with Crippen molar-refractivity contribution in [3.05, 3.63) is 29.8 Å². The van der Waals surface area contributed by atoms with Crippen LogP contribution in [0.5, 0.6) is 0 Å². The SMILES string of the molecule is Cn1nnnc1N1CCC(NC(=O)[C@@H]2Cc3ccccc3S2)CC1. The van der Waals surface area contributed by atoms with E-state index in [2.05, 4.69) is 37.9 Å². The Labute approximate surface area is 144 Å². The molecule has 3 heterocycles. The number of aromatic nitrogens is 4. The lowest BCUT2D eigenvalue weighted by Crippen LogP contribution is -2.47. The van der Waals surface area contributed by atoms with Crippen molar-refractivity contribution in [1.29, 1.82) is 0 Å². The smallest absolute Gasteiger partial charge is 0.245 e. The van der Waals surface area contributed by atoms with Crippen molar-refractivity contribution in [2.24, 2.45) is 7.05 Å². The lowest BCUT2D eigenvalue weighted by Gasteiger charge is -2.32. The number of carbonyl (C=O) groups excluding carboxylic acids is 1. The van der Waals surface area contributed by atoms with Crippen LogP contribution in [0.2, 0.25) is 0 Å². The molecule has 0 unspecified atom stereocenters. The molecule has 1 aromatic heterocycles. The molecule has 126 valence electrons. The molecule has 0 aliphatic carbocycles. The average Bonchev–Trinajstić information content (AvgIpc) is 3.21. The largest absolute Gasteiger partial charge is 0.352 e. The number of fused-ring (bicyclic) bond motifs is 1. The summed E-state index contributed by atoms with van der Waals surface area (Å²) < 4.78 is 1.69. The minimum absolute atomic E-state index is 0.00312. The molecule has 8 heteroatoms. The number of amides is 1. The number of nitrogens with one attached hydrogen (secondary N) is 1. The standard InChI is InChI=1S/C16H20N6OS/c1-21-16(18-19-20-21)22-8-6-12(7-9-22)17-15(23)14-10-11-4-2-3-5-13(11)24-14/h2-5,12,14H,6-10H2,1H3,(H,17,23)/t14-/m0/s1. The molecule has 1 amide bonds. The van der Waals surface area contributed by atoms with Gasteiger partial charge >= 0.3 is 0 Å². The highest BCUT2D eigenvalue weighted by Gasteiger charge is 2.30. The van der Waals surface area contributed by atoms with E-state index < -0.39 is 0 Å². The first kappa shape index (κ1) is 15.4. The van der Waals surface area contributed by atoms with Crippen LogP contribution in [0.15, 0.2) is 29.2 Å². The number of benzene rings is 1. The lowest BCUT2D eigenvalue weighted by molar-refractivity contribution is -0.121. The summed E-state index contributed by atoms with van der Waals surface area (Å²) in [6.07, 6.45) is 2.67. The van der Waals surface area contributed by atoms with E-state index in [-0.39, 0.29) is 17.2 Å². The molecule has 0 spiro atoms. The van der Waals surface area contributed by atoms with Crippen molar-refractivity contribution >= 4 is 23.6 Å². The Hall–Kier alpha value is -2.09. The van der Waals surface area contributed by atoms with Gasteiger partial charge in [-0.15, -0.1) is 11.8 Å². The van der Waals surface area contributed by atoms with Crippen LogP contribution in [0.3, 0.4) is 0 Å². The van der Waals surface area contributed by atoms with Crippen molar-refractivity contribution in [3.63, 3.8) is 0 Å². The maximum atomic E-state index is 12.6. The van der Waals surface area contributed by atoms with E-state index in [1.54, 1.807) is 16.4 Å². The van der Waals surface area contributed by atoms with Crippen LogP contribution in [0.1, 0.15) is 18.4 Å². The topological polar surface area (TPSA) is 75.9 Å². The highest BCUT2D eigenvalue weighted by atomic mass is 32.2. The van der Waals surface area contributed by atoms with Crippen molar-refractivity contribution < 1.29 is 4.79 Å². The van der Waals surface area contributed by atoms with Gasteiger partial charge in [0.1, 0.15) is 0 Å². The van der Waals surface area contributed by atoms with Gasteiger partial charge in [-0.3, -0.25) is 4.79 Å². The van der Waals surface area contributed by atoms with Crippen molar-refractivity contribution in [1.82, 2.24) is 25.5 Å². The predicted octanol–water partition coefficient (Wildman–Crippen LogP) is 1.01. The zero-order valence-electron chi connectivity index (χ0n) is 13.6. The van der Waals surface area contributed by atoms with E-state index in [4.69, 9.17) is 0 Å². The van der Waals surface area contributed by atoms with E-state index in [1.165, 1.54) is 10.5 Å². The number of anilines is 1. The molecule has 1 N–H and O–H groups in total. The molecule has 0 saturated carbocycles. The normalized spacial score (nSPS) is 20.9. The van der Waals surface area contributed by atoms with Crippen molar-refractivity contribution in [2.45, 2.75) is 35.4 Å². The first-order chi connectivity index (χ1) is 11.7. The van der Waals surface area contributed by atoms with Gasteiger partial charge in [0.25, 0.3) is 0 Å². The Morgan fingerprint density at radius 1 is 1.29 bits per heavy atom. The number of piperidine rings is 1. The van der Waals surface area contributed by atoms with Crippen LogP contribution >= 0.6 is 11.8 Å². The average molecular weight is 344 g/mol. The molecule has 0 radical (unpaired) electrons. The third-order valence-corrected chi connectivity index (χ3v) is 5.98. The molecule has 2 aliphatic heterocycles. The van der Waals surface area contributed by atoms with Gasteiger partial charge in [-0.1, -0.05) is 23.3 Å². The van der Waals surface area contributed by atoms with Crippen molar-refractivity contribution in [2.75, 3.05) is 18.0 Å². The fraction of sp³-hybridized carbons (Fsp3) is 0.500. The molecule has 2 aliphatic rings. The second-order valence-electron chi connectivity index (χ2n) is 6.29. The number of carbonyl (C=O) groups is 1. The zero-order valence-corrected chi connectivity index (χ0v) is 14.4. The molecule has 1 atom stereocenters. The number of hydrogen-bond donors (Lipinski definition) is 1. The third kappa shape index (κ3) is 2.98. The van der Waals surface area contributed by atoms with Gasteiger partial charge in [-0.2, -0.15) is 0 Å². The lowest BCUT2D eigenvalue weighted by atomic mass is 10.0. The summed E-state index contributed by atoms with van der Waals surface area (Å²) in [6, 6.07) is 8.52. The summed E-state index contributed by atoms with van der Waals surface area (Å²) >= 11 is 1.68. The van der Waals surface area contributed by atoms with Gasteiger partial charge in [-0.05, 0) is 41.3 Å². The second kappa shape index (κ2) is 6.43. The van der Waals surface area contributed by atoms with Crippen LogP contribution in [0.25, 0.3) is 0 Å². The first-order valence-electron chi connectivity index (χ1n) is 8.23. The van der Waals surface area contributed by atoms with Gasteiger partial charge in [0.05, 0.1) is 5.25 Å². The fourth-order valence-electron chi connectivity index (χ4n) is 3.34. The van der Waals surface area contributed by atoms with E-state index in [1.807, 2.05) is 19.2 Å². The predicted molar refractivity (Wildman–Crippen MR) is 92.0 cm³/mol. The number of aryl methyl sites for hydroxylation is 1. The minimum Gasteiger partial charge on any atom is -0.352 e. The first-order valence-corrected chi connectivity index (χ1v) is 9.11. The highest BCUT2D eigenvalue weighted by Crippen LogP contribution is 2.36. The molecule has 24 heavy (non-hydrogen) atoms. The summed E-state index contributed by atoms with van der Waals surface area (Å²) in [5.41, 5.74) is 1.28. The highest BCUT2D eigenvalue weighted by molar-refractivity contribution is 8.01. The van der Waals surface area contributed by atoms with Gasteiger partial charge in [0, 0.05) is 31.1 Å². The van der Waals surface area contributed by atoms with Crippen LogP contribution in [-0.2, 0) is 18.3 Å². The summed E-state index contributed by atoms with van der Waals surface area (Å²) in [7, 11) is 1.85. The Morgan fingerprint density at radius 3 is 2.79 bits per heavy atom. The van der Waals surface area contributed by atoms with E-state index in [0.29, 0.717) is 0 Å². The molecule has 2 aromatic rings. The second-order valence-corrected chi connectivity index (χ2v) is 7.54. The molecule has 4 rings (SSSR count). The van der Waals surface area contributed by atoms with Gasteiger partial charge in [0.15, 0.2) is 0 Å². The maximum Gasteiger partial charge on any atom is 0.245 e. The molecule has 1 aromatic carbocycles.